The lowest BCUT2D eigenvalue weighted by Crippen LogP contribution is -1.98. The van der Waals surface area contributed by atoms with Crippen LogP contribution < -0.4 is 4.74 Å². The predicted molar refractivity (Wildman–Crippen MR) is 104 cm³/mol. The number of hydrogen-bond acceptors (Lipinski definition) is 2. The van der Waals surface area contributed by atoms with Gasteiger partial charge in [-0.2, -0.15) is 4.39 Å². The van der Waals surface area contributed by atoms with Gasteiger partial charge >= 0.3 is 0 Å². The SMILES string of the molecule is CCOc1ccc(-c2ccc(C=Cc3ccc(CO)c(F)c3F)cc2)c(F)c1F. The van der Waals surface area contributed by atoms with Crippen molar-refractivity contribution in [2.75, 3.05) is 6.61 Å². The Morgan fingerprint density at radius 2 is 1.52 bits per heavy atom. The van der Waals surface area contributed by atoms with Crippen LogP contribution in [0.25, 0.3) is 23.3 Å². The predicted octanol–water partition coefficient (Wildman–Crippen LogP) is 5.97. The van der Waals surface area contributed by atoms with Crippen LogP contribution in [0, 0.1) is 23.3 Å². The fourth-order valence-electron chi connectivity index (χ4n) is 2.84. The molecule has 2 nitrogen and oxygen atoms in total. The van der Waals surface area contributed by atoms with Crippen LogP contribution in [0.2, 0.25) is 0 Å². The average molecular weight is 402 g/mol. The summed E-state index contributed by atoms with van der Waals surface area (Å²) in [5.74, 6) is -4.32. The van der Waals surface area contributed by atoms with Crippen LogP contribution in [0.4, 0.5) is 17.6 Å². The molecule has 0 amide bonds. The summed E-state index contributed by atoms with van der Waals surface area (Å²) >= 11 is 0. The van der Waals surface area contributed by atoms with Crippen LogP contribution in [0.15, 0.2) is 48.5 Å². The van der Waals surface area contributed by atoms with E-state index < -0.39 is 29.9 Å². The second kappa shape index (κ2) is 8.92. The van der Waals surface area contributed by atoms with E-state index in [0.717, 1.165) is 0 Å². The van der Waals surface area contributed by atoms with Crippen LogP contribution in [0.5, 0.6) is 5.75 Å². The van der Waals surface area contributed by atoms with E-state index in [1.807, 2.05) is 0 Å². The van der Waals surface area contributed by atoms with Gasteiger partial charge in [-0.1, -0.05) is 48.6 Å². The third kappa shape index (κ3) is 4.32. The molecule has 0 radical (unpaired) electrons. The van der Waals surface area contributed by atoms with E-state index in [-0.39, 0.29) is 29.0 Å². The number of aliphatic hydroxyl groups is 1. The summed E-state index contributed by atoms with van der Waals surface area (Å²) in [6.45, 7) is 1.32. The summed E-state index contributed by atoms with van der Waals surface area (Å²) in [6, 6.07) is 12.0. The topological polar surface area (TPSA) is 29.5 Å². The highest BCUT2D eigenvalue weighted by atomic mass is 19.2. The maximum absolute atomic E-state index is 14.3. The number of aliphatic hydroxyl groups excluding tert-OH is 1. The number of benzene rings is 3. The zero-order valence-corrected chi connectivity index (χ0v) is 15.6. The summed E-state index contributed by atoms with van der Waals surface area (Å²) < 4.78 is 61.1. The number of rotatable bonds is 6. The highest BCUT2D eigenvalue weighted by Crippen LogP contribution is 2.30. The van der Waals surface area contributed by atoms with Gasteiger partial charge in [0.05, 0.1) is 13.2 Å². The van der Waals surface area contributed by atoms with E-state index in [9.17, 15) is 17.6 Å². The Kier molecular flexibility index (Phi) is 6.34. The first-order chi connectivity index (χ1) is 14.0. The van der Waals surface area contributed by atoms with E-state index in [1.54, 1.807) is 37.3 Å². The number of halogens is 4. The first kappa shape index (κ1) is 20.6. The second-order valence-corrected chi connectivity index (χ2v) is 6.23. The summed E-state index contributed by atoms with van der Waals surface area (Å²) in [7, 11) is 0. The molecule has 150 valence electrons. The molecule has 0 heterocycles. The minimum atomic E-state index is -1.09. The molecule has 1 N–H and O–H groups in total. The molecule has 3 aromatic carbocycles. The molecule has 0 aromatic heterocycles. The number of ether oxygens (including phenoxy) is 1. The fourth-order valence-corrected chi connectivity index (χ4v) is 2.84. The Balaban J connectivity index is 1.84. The molecular formula is C23H18F4O2. The Labute approximate surface area is 165 Å². The van der Waals surface area contributed by atoms with Gasteiger partial charge in [0.1, 0.15) is 0 Å². The summed E-state index contributed by atoms with van der Waals surface area (Å²) in [4.78, 5) is 0. The van der Waals surface area contributed by atoms with E-state index in [1.165, 1.54) is 30.3 Å². The molecule has 0 atom stereocenters. The molecule has 0 aliphatic carbocycles. The molecule has 0 fully saturated rings. The molecule has 0 aliphatic rings. The minimum Gasteiger partial charge on any atom is -0.491 e. The molecule has 0 saturated carbocycles. The Morgan fingerprint density at radius 1 is 0.793 bits per heavy atom. The normalized spacial score (nSPS) is 11.2. The van der Waals surface area contributed by atoms with Crippen molar-refractivity contribution in [1.82, 2.24) is 0 Å². The van der Waals surface area contributed by atoms with Gasteiger partial charge in [0.25, 0.3) is 0 Å². The van der Waals surface area contributed by atoms with Crippen LogP contribution in [-0.2, 0) is 6.61 Å². The maximum Gasteiger partial charge on any atom is 0.201 e. The van der Waals surface area contributed by atoms with Crippen molar-refractivity contribution in [3.63, 3.8) is 0 Å². The molecule has 29 heavy (non-hydrogen) atoms. The van der Waals surface area contributed by atoms with E-state index in [0.29, 0.717) is 11.1 Å². The highest BCUT2D eigenvalue weighted by Gasteiger charge is 2.15. The van der Waals surface area contributed by atoms with Crippen molar-refractivity contribution in [3.05, 3.63) is 88.5 Å². The van der Waals surface area contributed by atoms with E-state index in [2.05, 4.69) is 0 Å². The molecule has 3 rings (SSSR count). The highest BCUT2D eigenvalue weighted by molar-refractivity contribution is 5.73. The van der Waals surface area contributed by atoms with Crippen molar-refractivity contribution < 1.29 is 27.4 Å². The molecule has 0 aliphatic heterocycles. The monoisotopic (exact) mass is 402 g/mol. The first-order valence-electron chi connectivity index (χ1n) is 8.93. The van der Waals surface area contributed by atoms with Gasteiger partial charge in [-0.3, -0.25) is 0 Å². The standard InChI is InChI=1S/C23H18F4O2/c1-2-29-19-12-11-18(22(26)23(19)27)15-6-3-14(4-7-15)5-8-16-9-10-17(13-28)21(25)20(16)24/h3-12,28H,2,13H2,1H3. The lowest BCUT2D eigenvalue weighted by atomic mass is 10.0. The molecule has 0 bridgehead atoms. The summed E-state index contributed by atoms with van der Waals surface area (Å²) in [5.41, 5.74) is 1.13. The van der Waals surface area contributed by atoms with Crippen molar-refractivity contribution in [1.29, 1.82) is 0 Å². The van der Waals surface area contributed by atoms with Crippen molar-refractivity contribution in [3.8, 4) is 16.9 Å². The molecular weight excluding hydrogens is 384 g/mol. The van der Waals surface area contributed by atoms with Gasteiger partial charge in [0, 0.05) is 16.7 Å². The Hall–Kier alpha value is -3.12. The summed E-state index contributed by atoms with van der Waals surface area (Å²) in [6.07, 6.45) is 2.96. The maximum atomic E-state index is 14.3. The Morgan fingerprint density at radius 3 is 2.17 bits per heavy atom. The summed E-state index contributed by atoms with van der Waals surface area (Å²) in [5, 5.41) is 8.96. The van der Waals surface area contributed by atoms with Gasteiger partial charge in [0.15, 0.2) is 23.2 Å². The smallest absolute Gasteiger partial charge is 0.201 e. The molecule has 0 unspecified atom stereocenters. The molecule has 6 heteroatoms. The van der Waals surface area contributed by atoms with E-state index >= 15 is 0 Å². The third-order valence-electron chi connectivity index (χ3n) is 4.39. The largest absolute Gasteiger partial charge is 0.491 e. The van der Waals surface area contributed by atoms with Crippen LogP contribution in [-0.4, -0.2) is 11.7 Å². The average Bonchev–Trinajstić information content (AvgIpc) is 2.73. The zero-order valence-electron chi connectivity index (χ0n) is 15.6. The lowest BCUT2D eigenvalue weighted by molar-refractivity contribution is 0.273. The fraction of sp³-hybridized carbons (Fsp3) is 0.130. The molecule has 3 aromatic rings. The van der Waals surface area contributed by atoms with Crippen molar-refractivity contribution in [2.24, 2.45) is 0 Å². The minimum absolute atomic E-state index is 0.0309. The van der Waals surface area contributed by atoms with Gasteiger partial charge in [-0.05, 0) is 30.2 Å². The van der Waals surface area contributed by atoms with Crippen LogP contribution >= 0.6 is 0 Å². The van der Waals surface area contributed by atoms with Crippen molar-refractivity contribution >= 4 is 12.2 Å². The number of hydrogen-bond donors (Lipinski definition) is 1. The zero-order chi connectivity index (χ0) is 21.0. The van der Waals surface area contributed by atoms with Gasteiger partial charge in [-0.15, -0.1) is 0 Å². The van der Waals surface area contributed by atoms with E-state index in [4.69, 9.17) is 9.84 Å². The quantitative estimate of drug-likeness (QED) is 0.407. The van der Waals surface area contributed by atoms with Crippen LogP contribution in [0.3, 0.4) is 0 Å². The third-order valence-corrected chi connectivity index (χ3v) is 4.39. The first-order valence-corrected chi connectivity index (χ1v) is 8.93. The lowest BCUT2D eigenvalue weighted by Gasteiger charge is -2.09. The van der Waals surface area contributed by atoms with Gasteiger partial charge in [-0.25, -0.2) is 13.2 Å². The molecule has 0 saturated heterocycles. The second-order valence-electron chi connectivity index (χ2n) is 6.23. The van der Waals surface area contributed by atoms with Crippen molar-refractivity contribution in [2.45, 2.75) is 13.5 Å². The van der Waals surface area contributed by atoms with Crippen LogP contribution in [0.1, 0.15) is 23.6 Å². The Bertz CT molecular complexity index is 1040. The van der Waals surface area contributed by atoms with Gasteiger partial charge in [0.2, 0.25) is 5.82 Å². The van der Waals surface area contributed by atoms with Gasteiger partial charge < -0.3 is 9.84 Å². The molecule has 0 spiro atoms.